The molecule has 9 heteroatoms. The highest BCUT2D eigenvalue weighted by atomic mass is 19.1. The number of aromatic nitrogens is 3. The van der Waals surface area contributed by atoms with E-state index in [1.165, 1.54) is 6.07 Å². The van der Waals surface area contributed by atoms with Crippen molar-refractivity contribution in [2.45, 2.75) is 45.2 Å². The lowest BCUT2D eigenvalue weighted by Crippen LogP contribution is -2.67. The smallest absolute Gasteiger partial charge is 0.270 e. The number of hydrogen-bond donors (Lipinski definition) is 1. The summed E-state index contributed by atoms with van der Waals surface area (Å²) in [4.78, 5) is 28.5. The van der Waals surface area contributed by atoms with Crippen molar-refractivity contribution in [3.63, 3.8) is 0 Å². The SMILES string of the molecule is CC(C)N1CCN(c2ccc(Nc3ncc4cc(C(=O)N(C)C)n(C56CC(C5)[C@H]6C)c4n3)cc2F)CC1. The van der Waals surface area contributed by atoms with E-state index in [1.54, 1.807) is 25.2 Å². The van der Waals surface area contributed by atoms with Crippen molar-refractivity contribution in [2.75, 3.05) is 50.5 Å². The molecule has 7 rings (SSSR count). The third-order valence-corrected chi connectivity index (χ3v) is 8.99. The molecule has 1 atom stereocenters. The monoisotopic (exact) mass is 505 g/mol. The van der Waals surface area contributed by atoms with E-state index >= 15 is 4.39 Å². The number of rotatable bonds is 6. The largest absolute Gasteiger partial charge is 0.367 e. The second-order valence-corrected chi connectivity index (χ2v) is 11.5. The van der Waals surface area contributed by atoms with Gasteiger partial charge in [0.25, 0.3) is 5.91 Å². The molecule has 196 valence electrons. The predicted molar refractivity (Wildman–Crippen MR) is 144 cm³/mol. The van der Waals surface area contributed by atoms with Gasteiger partial charge in [0.05, 0.1) is 11.2 Å². The van der Waals surface area contributed by atoms with E-state index in [-0.39, 0.29) is 17.3 Å². The molecule has 37 heavy (non-hydrogen) atoms. The maximum atomic E-state index is 15.2. The van der Waals surface area contributed by atoms with Crippen LogP contribution >= 0.6 is 0 Å². The topological polar surface area (TPSA) is 69.5 Å². The summed E-state index contributed by atoms with van der Waals surface area (Å²) in [6, 6.07) is 7.64. The zero-order valence-electron chi connectivity index (χ0n) is 22.3. The van der Waals surface area contributed by atoms with Crippen LogP contribution in [0.2, 0.25) is 0 Å². The van der Waals surface area contributed by atoms with Gasteiger partial charge in [-0.2, -0.15) is 4.98 Å². The Labute approximate surface area is 217 Å². The van der Waals surface area contributed by atoms with Gasteiger partial charge in [-0.05, 0) is 62.8 Å². The minimum Gasteiger partial charge on any atom is -0.367 e. The zero-order valence-corrected chi connectivity index (χ0v) is 22.3. The average molecular weight is 506 g/mol. The Hall–Kier alpha value is -3.20. The summed E-state index contributed by atoms with van der Waals surface area (Å²) < 4.78 is 17.3. The Morgan fingerprint density at radius 2 is 1.89 bits per heavy atom. The third-order valence-electron chi connectivity index (χ3n) is 8.99. The number of carbonyl (C=O) groups excluding carboxylic acids is 1. The van der Waals surface area contributed by atoms with Crippen LogP contribution < -0.4 is 10.2 Å². The molecule has 1 N–H and O–H groups in total. The highest BCUT2D eigenvalue weighted by Crippen LogP contribution is 2.67. The molecule has 1 amide bonds. The Morgan fingerprint density at radius 3 is 2.46 bits per heavy atom. The molecular weight excluding hydrogens is 469 g/mol. The molecule has 1 aromatic carbocycles. The summed E-state index contributed by atoms with van der Waals surface area (Å²) in [7, 11) is 3.55. The Morgan fingerprint density at radius 1 is 1.16 bits per heavy atom. The molecule has 2 bridgehead atoms. The molecule has 1 saturated heterocycles. The summed E-state index contributed by atoms with van der Waals surface area (Å²) in [6.07, 6.45) is 3.91. The molecule has 3 aromatic rings. The second-order valence-electron chi connectivity index (χ2n) is 11.5. The molecule has 8 nitrogen and oxygen atoms in total. The van der Waals surface area contributed by atoms with Gasteiger partial charge in [-0.1, -0.05) is 6.92 Å². The molecule has 3 saturated carbocycles. The van der Waals surface area contributed by atoms with E-state index in [0.717, 1.165) is 56.0 Å². The maximum absolute atomic E-state index is 15.2. The summed E-state index contributed by atoms with van der Waals surface area (Å²) >= 11 is 0. The average Bonchev–Trinajstić information content (AvgIpc) is 3.21. The molecule has 0 spiro atoms. The van der Waals surface area contributed by atoms with E-state index in [9.17, 15) is 4.79 Å². The number of hydrogen-bond acceptors (Lipinski definition) is 6. The summed E-state index contributed by atoms with van der Waals surface area (Å²) in [5.74, 6) is 1.36. The van der Waals surface area contributed by atoms with Gasteiger partial charge in [0, 0.05) is 63.6 Å². The minimum absolute atomic E-state index is 0.0312. The maximum Gasteiger partial charge on any atom is 0.270 e. The number of carbonyl (C=O) groups is 1. The van der Waals surface area contributed by atoms with E-state index in [2.05, 4.69) is 45.4 Å². The molecule has 0 unspecified atom stereocenters. The van der Waals surface area contributed by atoms with Crippen LogP contribution in [0.4, 0.5) is 21.7 Å². The third kappa shape index (κ3) is 3.77. The van der Waals surface area contributed by atoms with E-state index in [1.807, 2.05) is 18.2 Å². The lowest BCUT2D eigenvalue weighted by molar-refractivity contribution is -0.160. The first-order valence-corrected chi connectivity index (χ1v) is 13.3. The number of nitrogens with one attached hydrogen (secondary N) is 1. The van der Waals surface area contributed by atoms with Crippen molar-refractivity contribution in [3.05, 3.63) is 42.0 Å². The molecular formula is C28H36FN7O. The normalized spacial score (nSPS) is 25.2. The van der Waals surface area contributed by atoms with Crippen molar-refractivity contribution in [1.29, 1.82) is 0 Å². The molecule has 4 aliphatic rings. The first-order chi connectivity index (χ1) is 17.7. The lowest BCUT2D eigenvalue weighted by atomic mass is 9.42. The number of piperazine rings is 1. The first kappa shape index (κ1) is 24.2. The number of benzene rings is 1. The number of anilines is 3. The zero-order chi connectivity index (χ0) is 26.1. The number of nitrogens with zero attached hydrogens (tertiary/aromatic N) is 6. The Kier molecular flexibility index (Phi) is 5.67. The fourth-order valence-corrected chi connectivity index (χ4v) is 6.41. The standard InChI is InChI=1S/C28H36FN7O/c1-17(2)34-8-10-35(11-9-34)23-7-6-21(13-22(23)29)31-27-30-16-19-12-24(26(37)33(4)5)36(25(19)32-27)28-14-20(15-28)18(28)3/h6-7,12-13,16-18,20H,8-11,14-15H2,1-5H3,(H,30,31,32)/t18-,20?,28?/m1/s1. The van der Waals surface area contributed by atoms with Crippen LogP contribution in [0.25, 0.3) is 11.0 Å². The number of halogens is 1. The number of amides is 1. The molecule has 0 radical (unpaired) electrons. The van der Waals surface area contributed by atoms with Crippen molar-refractivity contribution in [1.82, 2.24) is 24.3 Å². The van der Waals surface area contributed by atoms with E-state index in [4.69, 9.17) is 4.98 Å². The fourth-order valence-electron chi connectivity index (χ4n) is 6.41. The van der Waals surface area contributed by atoms with Gasteiger partial charge in [0.15, 0.2) is 0 Å². The molecule has 3 aliphatic carbocycles. The van der Waals surface area contributed by atoms with Crippen LogP contribution in [0.3, 0.4) is 0 Å². The van der Waals surface area contributed by atoms with E-state index < -0.39 is 0 Å². The molecule has 4 fully saturated rings. The summed E-state index contributed by atoms with van der Waals surface area (Å²) in [5, 5.41) is 4.03. The Balaban J connectivity index is 1.27. The second kappa shape index (κ2) is 8.68. The molecule has 1 aliphatic heterocycles. The van der Waals surface area contributed by atoms with E-state index in [0.29, 0.717) is 35.0 Å². The summed E-state index contributed by atoms with van der Waals surface area (Å²) in [5.41, 5.74) is 2.59. The van der Waals surface area contributed by atoms with Crippen LogP contribution in [0.5, 0.6) is 0 Å². The van der Waals surface area contributed by atoms with Crippen molar-refractivity contribution in [3.8, 4) is 0 Å². The quantitative estimate of drug-likeness (QED) is 0.539. The predicted octanol–water partition coefficient (Wildman–Crippen LogP) is 4.30. The van der Waals surface area contributed by atoms with Gasteiger partial charge < -0.3 is 19.7 Å². The van der Waals surface area contributed by atoms with Crippen LogP contribution in [-0.2, 0) is 5.54 Å². The van der Waals surface area contributed by atoms with Crippen LogP contribution in [-0.4, -0.2) is 76.6 Å². The van der Waals surface area contributed by atoms with Crippen molar-refractivity contribution in [2.24, 2.45) is 11.8 Å². The van der Waals surface area contributed by atoms with Gasteiger partial charge in [0.2, 0.25) is 5.95 Å². The van der Waals surface area contributed by atoms with Crippen LogP contribution in [0.15, 0.2) is 30.5 Å². The minimum atomic E-state index is -0.256. The lowest BCUT2D eigenvalue weighted by Gasteiger charge is -2.68. The van der Waals surface area contributed by atoms with Gasteiger partial charge >= 0.3 is 0 Å². The van der Waals surface area contributed by atoms with Crippen molar-refractivity contribution >= 4 is 34.3 Å². The molecule has 2 aromatic heterocycles. The fraction of sp³-hybridized carbons (Fsp3) is 0.536. The van der Waals surface area contributed by atoms with Crippen LogP contribution in [0.1, 0.15) is 44.1 Å². The van der Waals surface area contributed by atoms with Gasteiger partial charge in [0.1, 0.15) is 17.2 Å². The highest BCUT2D eigenvalue weighted by molar-refractivity contribution is 5.98. The highest BCUT2D eigenvalue weighted by Gasteiger charge is 2.65. The van der Waals surface area contributed by atoms with Gasteiger partial charge in [-0.25, -0.2) is 9.37 Å². The summed E-state index contributed by atoms with van der Waals surface area (Å²) in [6.45, 7) is 10.2. The van der Waals surface area contributed by atoms with Crippen molar-refractivity contribution < 1.29 is 9.18 Å². The number of fused-ring (bicyclic) bond motifs is 1. The van der Waals surface area contributed by atoms with Crippen LogP contribution in [0, 0.1) is 17.7 Å². The van der Waals surface area contributed by atoms with Gasteiger partial charge in [-0.3, -0.25) is 9.69 Å². The first-order valence-electron chi connectivity index (χ1n) is 13.3. The van der Waals surface area contributed by atoms with Gasteiger partial charge in [-0.15, -0.1) is 0 Å². The Bertz CT molecular complexity index is 1350. The molecule has 3 heterocycles.